The van der Waals surface area contributed by atoms with Gasteiger partial charge in [-0.2, -0.15) is 0 Å². The topological polar surface area (TPSA) is 15.3 Å². The summed E-state index contributed by atoms with van der Waals surface area (Å²) in [5.74, 6) is 0.884. The summed E-state index contributed by atoms with van der Waals surface area (Å²) in [5, 5.41) is 3.72. The molecule has 1 aliphatic heterocycles. The molecule has 0 bridgehead atoms. The van der Waals surface area contributed by atoms with Crippen LogP contribution >= 0.6 is 0 Å². The predicted octanol–water partition coefficient (Wildman–Crippen LogP) is 1.64. The maximum Gasteiger partial charge on any atom is 0.00915 e. The lowest BCUT2D eigenvalue weighted by atomic mass is 10.0. The van der Waals surface area contributed by atoms with Crippen LogP contribution < -0.4 is 5.32 Å². The van der Waals surface area contributed by atoms with Gasteiger partial charge in [-0.25, -0.2) is 0 Å². The normalized spacial score (nSPS) is 26.1. The molecule has 14 heavy (non-hydrogen) atoms. The van der Waals surface area contributed by atoms with Gasteiger partial charge in [-0.05, 0) is 58.3 Å². The second-order valence-corrected chi connectivity index (χ2v) is 4.79. The zero-order valence-electron chi connectivity index (χ0n) is 9.21. The first-order valence-corrected chi connectivity index (χ1v) is 5.91. The number of nitrogens with zero attached hydrogens (tertiary/aromatic N) is 1. The number of piperidine rings is 1. The maximum absolute atomic E-state index is 3.72. The number of hydrogen-bond donors (Lipinski definition) is 1. The first-order valence-electron chi connectivity index (χ1n) is 5.91. The van der Waals surface area contributed by atoms with Crippen molar-refractivity contribution in [3.05, 3.63) is 12.2 Å². The molecule has 1 fully saturated rings. The van der Waals surface area contributed by atoms with Crippen LogP contribution in [-0.4, -0.2) is 37.6 Å². The highest BCUT2D eigenvalue weighted by Crippen LogP contribution is 2.17. The summed E-state index contributed by atoms with van der Waals surface area (Å²) < 4.78 is 0. The van der Waals surface area contributed by atoms with Crippen LogP contribution in [0.15, 0.2) is 12.2 Å². The van der Waals surface area contributed by atoms with E-state index in [1.807, 2.05) is 0 Å². The molecule has 1 heterocycles. The van der Waals surface area contributed by atoms with E-state index in [-0.39, 0.29) is 0 Å². The third-order valence-electron chi connectivity index (χ3n) is 3.52. The van der Waals surface area contributed by atoms with Crippen molar-refractivity contribution in [1.82, 2.24) is 10.2 Å². The Morgan fingerprint density at radius 1 is 1.21 bits per heavy atom. The van der Waals surface area contributed by atoms with Gasteiger partial charge in [0.2, 0.25) is 0 Å². The molecule has 1 aliphatic carbocycles. The van der Waals surface area contributed by atoms with Gasteiger partial charge >= 0.3 is 0 Å². The maximum atomic E-state index is 3.72. The molecule has 0 atom stereocenters. The molecule has 2 rings (SSSR count). The molecule has 2 nitrogen and oxygen atoms in total. The highest BCUT2D eigenvalue weighted by Gasteiger charge is 2.17. The van der Waals surface area contributed by atoms with Gasteiger partial charge in [-0.1, -0.05) is 12.2 Å². The van der Waals surface area contributed by atoms with E-state index >= 15 is 0 Å². The Morgan fingerprint density at radius 2 is 1.86 bits per heavy atom. The van der Waals surface area contributed by atoms with E-state index in [4.69, 9.17) is 0 Å². The molecule has 0 saturated carbocycles. The number of nitrogens with one attached hydrogen (secondary N) is 1. The highest BCUT2D eigenvalue weighted by atomic mass is 15.1. The summed E-state index contributed by atoms with van der Waals surface area (Å²) in [6.07, 6.45) is 9.88. The van der Waals surface area contributed by atoms with E-state index in [0.29, 0.717) is 0 Å². The Balaban J connectivity index is 1.61. The van der Waals surface area contributed by atoms with Crippen LogP contribution in [0.4, 0.5) is 0 Å². The molecule has 80 valence electrons. The van der Waals surface area contributed by atoms with Crippen LogP contribution in [0.3, 0.4) is 0 Å². The van der Waals surface area contributed by atoms with Gasteiger partial charge in [0.1, 0.15) is 0 Å². The summed E-state index contributed by atoms with van der Waals surface area (Å²) in [4.78, 5) is 2.43. The van der Waals surface area contributed by atoms with Crippen LogP contribution in [-0.2, 0) is 0 Å². The Bertz CT molecular complexity index is 184. The van der Waals surface area contributed by atoms with E-state index in [1.165, 1.54) is 45.3 Å². The lowest BCUT2D eigenvalue weighted by molar-refractivity contribution is 0.230. The molecule has 0 unspecified atom stereocenters. The van der Waals surface area contributed by atoms with Gasteiger partial charge in [0.05, 0.1) is 0 Å². The van der Waals surface area contributed by atoms with Crippen molar-refractivity contribution in [1.29, 1.82) is 0 Å². The summed E-state index contributed by atoms with van der Waals surface area (Å²) in [7, 11) is 2.22. The summed E-state index contributed by atoms with van der Waals surface area (Å²) in [6.45, 7) is 3.75. The summed E-state index contributed by atoms with van der Waals surface area (Å²) >= 11 is 0. The van der Waals surface area contributed by atoms with Crippen LogP contribution in [0.2, 0.25) is 0 Å². The van der Waals surface area contributed by atoms with Gasteiger partial charge in [0.15, 0.2) is 0 Å². The second-order valence-electron chi connectivity index (χ2n) is 4.79. The Hall–Kier alpha value is -0.340. The van der Waals surface area contributed by atoms with E-state index < -0.39 is 0 Å². The average molecular weight is 194 g/mol. The van der Waals surface area contributed by atoms with Crippen LogP contribution in [0.1, 0.15) is 25.7 Å². The quantitative estimate of drug-likeness (QED) is 0.687. The van der Waals surface area contributed by atoms with Gasteiger partial charge in [-0.15, -0.1) is 0 Å². The molecule has 0 aromatic heterocycles. The highest BCUT2D eigenvalue weighted by molar-refractivity contribution is 4.95. The zero-order valence-corrected chi connectivity index (χ0v) is 9.21. The van der Waals surface area contributed by atoms with Crippen molar-refractivity contribution in [2.24, 2.45) is 5.92 Å². The Labute approximate surface area is 87.4 Å². The number of hydrogen-bond acceptors (Lipinski definition) is 2. The van der Waals surface area contributed by atoms with E-state index in [1.54, 1.807) is 0 Å². The molecule has 2 heteroatoms. The van der Waals surface area contributed by atoms with Crippen LogP contribution in [0.25, 0.3) is 0 Å². The lowest BCUT2D eigenvalue weighted by Crippen LogP contribution is -2.42. The summed E-state index contributed by atoms with van der Waals surface area (Å²) in [5.41, 5.74) is 0. The van der Waals surface area contributed by atoms with E-state index in [9.17, 15) is 0 Å². The molecule has 0 amide bonds. The van der Waals surface area contributed by atoms with Crippen molar-refractivity contribution in [2.45, 2.75) is 31.7 Å². The van der Waals surface area contributed by atoms with Gasteiger partial charge in [0.25, 0.3) is 0 Å². The Morgan fingerprint density at radius 3 is 2.50 bits per heavy atom. The average Bonchev–Trinajstić information content (AvgIpc) is 2.70. The van der Waals surface area contributed by atoms with Gasteiger partial charge in [0, 0.05) is 6.04 Å². The van der Waals surface area contributed by atoms with Crippen LogP contribution in [0, 0.1) is 5.92 Å². The first kappa shape index (κ1) is 10.2. The smallest absolute Gasteiger partial charge is 0.00915 e. The molecule has 0 spiro atoms. The van der Waals surface area contributed by atoms with Gasteiger partial charge < -0.3 is 10.2 Å². The molecule has 2 aliphatic rings. The minimum atomic E-state index is 0.784. The molecular formula is C12H22N2. The fourth-order valence-electron chi connectivity index (χ4n) is 2.39. The molecule has 1 saturated heterocycles. The van der Waals surface area contributed by atoms with Gasteiger partial charge in [-0.3, -0.25) is 0 Å². The molecule has 0 aromatic carbocycles. The largest absolute Gasteiger partial charge is 0.314 e. The van der Waals surface area contributed by atoms with Crippen LogP contribution in [0.5, 0.6) is 0 Å². The predicted molar refractivity (Wildman–Crippen MR) is 60.4 cm³/mol. The van der Waals surface area contributed by atoms with Crippen molar-refractivity contribution in [2.75, 3.05) is 26.7 Å². The number of allylic oxidation sites excluding steroid dienone is 2. The molecular weight excluding hydrogens is 172 g/mol. The van der Waals surface area contributed by atoms with Crippen molar-refractivity contribution in [3.63, 3.8) is 0 Å². The third kappa shape index (κ3) is 2.82. The SMILES string of the molecule is CN1CCC(NCC2CC=CC2)CC1. The standard InChI is InChI=1S/C12H22N2/c1-14-8-6-12(7-9-14)13-10-11-4-2-3-5-11/h2-3,11-13H,4-10H2,1H3. The molecule has 1 N–H and O–H groups in total. The molecule has 0 radical (unpaired) electrons. The van der Waals surface area contributed by atoms with Crippen molar-refractivity contribution < 1.29 is 0 Å². The molecule has 0 aromatic rings. The van der Waals surface area contributed by atoms with E-state index in [2.05, 4.69) is 29.4 Å². The Kier molecular flexibility index (Phi) is 3.60. The monoisotopic (exact) mass is 194 g/mol. The minimum Gasteiger partial charge on any atom is -0.314 e. The lowest BCUT2D eigenvalue weighted by Gasteiger charge is -2.30. The number of likely N-dealkylation sites (tertiary alicyclic amines) is 1. The fraction of sp³-hybridized carbons (Fsp3) is 0.833. The first-order chi connectivity index (χ1) is 6.84. The fourth-order valence-corrected chi connectivity index (χ4v) is 2.39. The van der Waals surface area contributed by atoms with Crippen molar-refractivity contribution >= 4 is 0 Å². The van der Waals surface area contributed by atoms with E-state index in [0.717, 1.165) is 12.0 Å². The second kappa shape index (κ2) is 4.94. The summed E-state index contributed by atoms with van der Waals surface area (Å²) in [6, 6.07) is 0.784. The third-order valence-corrected chi connectivity index (χ3v) is 3.52. The number of rotatable bonds is 3. The zero-order chi connectivity index (χ0) is 9.80. The van der Waals surface area contributed by atoms with Crippen molar-refractivity contribution in [3.8, 4) is 0 Å². The minimum absolute atomic E-state index is 0.784.